The lowest BCUT2D eigenvalue weighted by molar-refractivity contribution is -0.122. The minimum Gasteiger partial charge on any atom is -0.355 e. The number of amides is 1. The van der Waals surface area contributed by atoms with Gasteiger partial charge in [0.25, 0.3) is 0 Å². The topological polar surface area (TPSA) is 29.1 Å². The number of carbonyl (C=O) groups is 1. The van der Waals surface area contributed by atoms with Crippen LogP contribution >= 0.6 is 15.9 Å². The average Bonchev–Trinajstić information content (AvgIpc) is 2.74. The maximum atomic E-state index is 12.0. The molecule has 20 heavy (non-hydrogen) atoms. The first-order chi connectivity index (χ1) is 9.75. The van der Waals surface area contributed by atoms with Gasteiger partial charge in [-0.1, -0.05) is 71.9 Å². The Kier molecular flexibility index (Phi) is 6.58. The molecular formula is C17H24BrNO. The third-order valence-electron chi connectivity index (χ3n) is 4.09. The van der Waals surface area contributed by atoms with Crippen LogP contribution in [0.4, 0.5) is 0 Å². The number of nitrogens with one attached hydrogen (secondary N) is 1. The highest BCUT2D eigenvalue weighted by atomic mass is 79.9. The normalized spacial score (nSPS) is 18.2. The smallest absolute Gasteiger partial charge is 0.220 e. The summed E-state index contributed by atoms with van der Waals surface area (Å²) in [4.78, 5) is 12.2. The number of rotatable bonds is 5. The molecule has 3 heteroatoms. The van der Waals surface area contributed by atoms with Crippen LogP contribution in [0, 0.1) is 5.92 Å². The quantitative estimate of drug-likeness (QED) is 0.617. The van der Waals surface area contributed by atoms with Crippen molar-refractivity contribution in [1.29, 1.82) is 0 Å². The summed E-state index contributed by atoms with van der Waals surface area (Å²) in [5.41, 5.74) is 1.21. The van der Waals surface area contributed by atoms with Gasteiger partial charge in [0, 0.05) is 13.0 Å². The second-order valence-corrected chi connectivity index (χ2v) is 6.85. The van der Waals surface area contributed by atoms with Crippen molar-refractivity contribution in [3.05, 3.63) is 35.9 Å². The number of carbonyl (C=O) groups excluding carboxylic acids is 1. The SMILES string of the molecule is O=C(CC1CCCCCC1)NCC(Br)c1ccccc1. The Morgan fingerprint density at radius 1 is 1.15 bits per heavy atom. The fraction of sp³-hybridized carbons (Fsp3) is 0.588. The lowest BCUT2D eigenvalue weighted by Crippen LogP contribution is -2.28. The van der Waals surface area contributed by atoms with Gasteiger partial charge in [0.2, 0.25) is 5.91 Å². The molecule has 1 aromatic rings. The highest BCUT2D eigenvalue weighted by molar-refractivity contribution is 9.09. The van der Waals surface area contributed by atoms with Gasteiger partial charge in [-0.05, 0) is 24.3 Å². The Bertz CT molecular complexity index is 399. The maximum Gasteiger partial charge on any atom is 0.220 e. The van der Waals surface area contributed by atoms with Gasteiger partial charge in [0.1, 0.15) is 0 Å². The Morgan fingerprint density at radius 2 is 1.80 bits per heavy atom. The number of benzene rings is 1. The van der Waals surface area contributed by atoms with Gasteiger partial charge >= 0.3 is 0 Å². The molecule has 110 valence electrons. The summed E-state index contributed by atoms with van der Waals surface area (Å²) < 4.78 is 0. The zero-order chi connectivity index (χ0) is 14.2. The van der Waals surface area contributed by atoms with E-state index in [0.29, 0.717) is 18.9 Å². The molecule has 1 amide bonds. The van der Waals surface area contributed by atoms with Gasteiger partial charge in [-0.2, -0.15) is 0 Å². The van der Waals surface area contributed by atoms with Gasteiger partial charge in [0.15, 0.2) is 0 Å². The summed E-state index contributed by atoms with van der Waals surface area (Å²) in [5.74, 6) is 0.806. The first kappa shape index (κ1) is 15.6. The van der Waals surface area contributed by atoms with Crippen molar-refractivity contribution in [3.8, 4) is 0 Å². The van der Waals surface area contributed by atoms with E-state index in [1.807, 2.05) is 18.2 Å². The van der Waals surface area contributed by atoms with E-state index in [1.54, 1.807) is 0 Å². The molecule has 0 spiro atoms. The van der Waals surface area contributed by atoms with Gasteiger partial charge in [-0.3, -0.25) is 4.79 Å². The van der Waals surface area contributed by atoms with Crippen LogP contribution in [0.5, 0.6) is 0 Å². The zero-order valence-corrected chi connectivity index (χ0v) is 13.6. The van der Waals surface area contributed by atoms with E-state index >= 15 is 0 Å². The third-order valence-corrected chi connectivity index (χ3v) is 4.94. The molecule has 0 bridgehead atoms. The van der Waals surface area contributed by atoms with E-state index in [9.17, 15) is 4.79 Å². The molecule has 0 aromatic heterocycles. The first-order valence-corrected chi connectivity index (χ1v) is 8.63. The van der Waals surface area contributed by atoms with E-state index in [0.717, 1.165) is 0 Å². The van der Waals surface area contributed by atoms with Crippen LogP contribution in [0.2, 0.25) is 0 Å². The van der Waals surface area contributed by atoms with Crippen LogP contribution in [-0.4, -0.2) is 12.5 Å². The molecule has 1 unspecified atom stereocenters. The third kappa shape index (κ3) is 5.28. The summed E-state index contributed by atoms with van der Waals surface area (Å²) in [6, 6.07) is 10.2. The second-order valence-electron chi connectivity index (χ2n) is 5.74. The molecule has 1 aromatic carbocycles. The molecule has 0 radical (unpaired) electrons. The Morgan fingerprint density at radius 3 is 2.45 bits per heavy atom. The molecule has 1 aliphatic rings. The summed E-state index contributed by atoms with van der Waals surface area (Å²) in [6.07, 6.45) is 8.43. The predicted molar refractivity (Wildman–Crippen MR) is 86.9 cm³/mol. The fourth-order valence-electron chi connectivity index (χ4n) is 2.89. The van der Waals surface area contributed by atoms with Crippen LogP contribution in [0.15, 0.2) is 30.3 Å². The molecule has 1 fully saturated rings. The summed E-state index contributed by atoms with van der Waals surface area (Å²) >= 11 is 3.64. The lowest BCUT2D eigenvalue weighted by atomic mass is 9.96. The first-order valence-electron chi connectivity index (χ1n) is 7.71. The predicted octanol–water partition coefficient (Wildman–Crippen LogP) is 4.60. The van der Waals surface area contributed by atoms with E-state index in [2.05, 4.69) is 33.4 Å². The van der Waals surface area contributed by atoms with Crippen LogP contribution in [0.3, 0.4) is 0 Å². The van der Waals surface area contributed by atoms with E-state index in [1.165, 1.54) is 44.1 Å². The van der Waals surface area contributed by atoms with Crippen LogP contribution < -0.4 is 5.32 Å². The minimum absolute atomic E-state index is 0.196. The Balaban J connectivity index is 1.71. The van der Waals surface area contributed by atoms with Crippen molar-refractivity contribution in [2.24, 2.45) is 5.92 Å². The minimum atomic E-state index is 0.196. The lowest BCUT2D eigenvalue weighted by Gasteiger charge is -2.15. The Hall–Kier alpha value is -0.830. The van der Waals surface area contributed by atoms with Crippen LogP contribution in [0.1, 0.15) is 55.3 Å². The number of halogens is 1. The molecule has 1 aliphatic carbocycles. The number of alkyl halides is 1. The van der Waals surface area contributed by atoms with E-state index < -0.39 is 0 Å². The van der Waals surface area contributed by atoms with Crippen molar-refractivity contribution >= 4 is 21.8 Å². The fourth-order valence-corrected chi connectivity index (χ4v) is 3.35. The molecule has 0 heterocycles. The zero-order valence-electron chi connectivity index (χ0n) is 12.0. The van der Waals surface area contributed by atoms with Gasteiger partial charge < -0.3 is 5.32 Å². The molecule has 1 atom stereocenters. The average molecular weight is 338 g/mol. The van der Waals surface area contributed by atoms with E-state index in [-0.39, 0.29) is 10.7 Å². The van der Waals surface area contributed by atoms with Gasteiger partial charge in [0.05, 0.1) is 4.83 Å². The Labute approximate surface area is 130 Å². The van der Waals surface area contributed by atoms with Crippen molar-refractivity contribution in [3.63, 3.8) is 0 Å². The van der Waals surface area contributed by atoms with Crippen LogP contribution in [0.25, 0.3) is 0 Å². The van der Waals surface area contributed by atoms with Gasteiger partial charge in [-0.15, -0.1) is 0 Å². The molecule has 2 nitrogen and oxygen atoms in total. The largest absolute Gasteiger partial charge is 0.355 e. The van der Waals surface area contributed by atoms with Crippen molar-refractivity contribution in [2.45, 2.75) is 49.8 Å². The van der Waals surface area contributed by atoms with Crippen molar-refractivity contribution in [1.82, 2.24) is 5.32 Å². The summed E-state index contributed by atoms with van der Waals surface area (Å²) in [6.45, 7) is 0.662. The number of hydrogen-bond acceptors (Lipinski definition) is 1. The highest BCUT2D eigenvalue weighted by Crippen LogP contribution is 2.25. The monoisotopic (exact) mass is 337 g/mol. The van der Waals surface area contributed by atoms with Crippen molar-refractivity contribution < 1.29 is 4.79 Å². The molecular weight excluding hydrogens is 314 g/mol. The molecule has 0 saturated heterocycles. The standard InChI is InChI=1S/C17H24BrNO/c18-16(15-10-6-3-7-11-15)13-19-17(20)12-14-8-4-1-2-5-9-14/h3,6-7,10-11,14,16H,1-2,4-5,8-9,12-13H2,(H,19,20). The van der Waals surface area contributed by atoms with E-state index in [4.69, 9.17) is 0 Å². The molecule has 2 rings (SSSR count). The molecule has 1 saturated carbocycles. The van der Waals surface area contributed by atoms with Gasteiger partial charge in [-0.25, -0.2) is 0 Å². The molecule has 1 N–H and O–H groups in total. The second kappa shape index (κ2) is 8.46. The molecule has 0 aliphatic heterocycles. The van der Waals surface area contributed by atoms with Crippen molar-refractivity contribution in [2.75, 3.05) is 6.54 Å². The maximum absolute atomic E-state index is 12.0. The highest BCUT2D eigenvalue weighted by Gasteiger charge is 2.16. The summed E-state index contributed by atoms with van der Waals surface area (Å²) in [5, 5.41) is 3.06. The van der Waals surface area contributed by atoms with Crippen LogP contribution in [-0.2, 0) is 4.79 Å². The summed E-state index contributed by atoms with van der Waals surface area (Å²) in [7, 11) is 0. The number of hydrogen-bond donors (Lipinski definition) is 1.